The van der Waals surface area contributed by atoms with Crippen molar-refractivity contribution in [2.75, 3.05) is 6.79 Å². The predicted molar refractivity (Wildman–Crippen MR) is 74.4 cm³/mol. The smallest absolute Gasteiger partial charge is 0.231 e. The van der Waals surface area contributed by atoms with E-state index in [1.54, 1.807) is 13.0 Å². The molecular formula is C16H16O4. The van der Waals surface area contributed by atoms with E-state index in [9.17, 15) is 4.79 Å². The number of hydrogen-bond donors (Lipinski definition) is 0. The van der Waals surface area contributed by atoms with Crippen molar-refractivity contribution in [3.8, 4) is 11.5 Å². The molecule has 0 amide bonds. The van der Waals surface area contributed by atoms with Gasteiger partial charge in [0.2, 0.25) is 6.79 Å². The van der Waals surface area contributed by atoms with Crippen molar-refractivity contribution in [3.05, 3.63) is 57.1 Å². The zero-order valence-electron chi connectivity index (χ0n) is 11.6. The van der Waals surface area contributed by atoms with Crippen molar-refractivity contribution in [3.63, 3.8) is 0 Å². The summed E-state index contributed by atoms with van der Waals surface area (Å²) in [5.74, 6) is 2.98. The lowest BCUT2D eigenvalue weighted by Crippen LogP contribution is -2.07. The summed E-state index contributed by atoms with van der Waals surface area (Å²) in [4.78, 5) is 11.7. The molecule has 20 heavy (non-hydrogen) atoms. The van der Waals surface area contributed by atoms with Crippen LogP contribution >= 0.6 is 0 Å². The molecule has 0 N–H and O–H groups in total. The van der Waals surface area contributed by atoms with Crippen molar-refractivity contribution < 1.29 is 13.9 Å². The van der Waals surface area contributed by atoms with Gasteiger partial charge in [-0.25, -0.2) is 0 Å². The minimum absolute atomic E-state index is 0.0365. The molecule has 0 bridgehead atoms. The van der Waals surface area contributed by atoms with E-state index in [4.69, 9.17) is 13.9 Å². The quantitative estimate of drug-likeness (QED) is 0.862. The summed E-state index contributed by atoms with van der Waals surface area (Å²) in [7, 11) is 0. The summed E-state index contributed by atoms with van der Waals surface area (Å²) in [6, 6.07) is 7.47. The maximum Gasteiger partial charge on any atom is 0.231 e. The Balaban J connectivity index is 1.75. The van der Waals surface area contributed by atoms with Gasteiger partial charge in [-0.2, -0.15) is 0 Å². The number of rotatable bonds is 3. The molecule has 1 aromatic carbocycles. The van der Waals surface area contributed by atoms with Crippen molar-refractivity contribution in [2.24, 2.45) is 0 Å². The van der Waals surface area contributed by atoms with E-state index >= 15 is 0 Å². The fraction of sp³-hybridized carbons (Fsp3) is 0.312. The second-order valence-electron chi connectivity index (χ2n) is 4.95. The minimum atomic E-state index is 0.0365. The SMILES string of the molecule is Cc1oc(CCc2ccc3c(c2)OCO3)cc(=O)c1C. The van der Waals surface area contributed by atoms with E-state index in [2.05, 4.69) is 0 Å². The summed E-state index contributed by atoms with van der Waals surface area (Å²) < 4.78 is 16.3. The molecule has 3 rings (SSSR count). The van der Waals surface area contributed by atoms with E-state index in [0.29, 0.717) is 17.7 Å². The van der Waals surface area contributed by atoms with Crippen LogP contribution in [0, 0.1) is 13.8 Å². The molecule has 0 saturated heterocycles. The fourth-order valence-corrected chi connectivity index (χ4v) is 2.22. The van der Waals surface area contributed by atoms with Gasteiger partial charge in [-0.3, -0.25) is 4.79 Å². The molecule has 4 heteroatoms. The first-order valence-corrected chi connectivity index (χ1v) is 6.62. The summed E-state index contributed by atoms with van der Waals surface area (Å²) in [6.07, 6.45) is 1.48. The van der Waals surface area contributed by atoms with Crippen LogP contribution < -0.4 is 14.9 Å². The van der Waals surface area contributed by atoms with Crippen molar-refractivity contribution >= 4 is 0 Å². The second-order valence-corrected chi connectivity index (χ2v) is 4.95. The lowest BCUT2D eigenvalue weighted by Gasteiger charge is -2.05. The molecule has 0 radical (unpaired) electrons. The minimum Gasteiger partial charge on any atom is -0.466 e. The monoisotopic (exact) mass is 272 g/mol. The highest BCUT2D eigenvalue weighted by molar-refractivity contribution is 5.44. The topological polar surface area (TPSA) is 48.7 Å². The molecule has 0 unspecified atom stereocenters. The van der Waals surface area contributed by atoms with Gasteiger partial charge in [-0.15, -0.1) is 0 Å². The number of hydrogen-bond acceptors (Lipinski definition) is 4. The van der Waals surface area contributed by atoms with Gasteiger partial charge in [0.25, 0.3) is 0 Å². The Labute approximate surface area is 117 Å². The average molecular weight is 272 g/mol. The molecule has 2 heterocycles. The van der Waals surface area contributed by atoms with Crippen LogP contribution in [0.2, 0.25) is 0 Å². The molecule has 4 nitrogen and oxygen atoms in total. The predicted octanol–water partition coefficient (Wildman–Crippen LogP) is 2.77. The standard InChI is InChI=1S/C16H16O4/c1-10-11(2)20-13(8-14(10)17)5-3-12-4-6-15-16(7-12)19-9-18-15/h4,6-8H,3,5,9H2,1-2H3. The third kappa shape index (κ3) is 2.41. The highest BCUT2D eigenvalue weighted by Gasteiger charge is 2.13. The fourth-order valence-electron chi connectivity index (χ4n) is 2.22. The maximum absolute atomic E-state index is 11.7. The maximum atomic E-state index is 11.7. The summed E-state index contributed by atoms with van der Waals surface area (Å²) in [5, 5.41) is 0. The lowest BCUT2D eigenvalue weighted by atomic mass is 10.1. The number of fused-ring (bicyclic) bond motifs is 1. The summed E-state index contributed by atoms with van der Waals surface area (Å²) in [5.41, 5.74) is 1.85. The Morgan fingerprint density at radius 2 is 1.85 bits per heavy atom. The summed E-state index contributed by atoms with van der Waals surface area (Å²) >= 11 is 0. The van der Waals surface area contributed by atoms with Crippen LogP contribution in [0.15, 0.2) is 33.5 Å². The number of ether oxygens (including phenoxy) is 2. The van der Waals surface area contributed by atoms with Crippen LogP contribution in [0.25, 0.3) is 0 Å². The van der Waals surface area contributed by atoms with Gasteiger partial charge in [0.15, 0.2) is 16.9 Å². The zero-order valence-corrected chi connectivity index (χ0v) is 11.6. The Morgan fingerprint density at radius 1 is 1.05 bits per heavy atom. The zero-order chi connectivity index (χ0) is 14.1. The Bertz CT molecular complexity index is 700. The highest BCUT2D eigenvalue weighted by atomic mass is 16.7. The molecule has 1 aliphatic rings. The molecule has 0 saturated carbocycles. The van der Waals surface area contributed by atoms with Gasteiger partial charge in [-0.05, 0) is 38.0 Å². The van der Waals surface area contributed by atoms with E-state index < -0.39 is 0 Å². The number of benzene rings is 1. The van der Waals surface area contributed by atoms with Gasteiger partial charge in [0, 0.05) is 18.1 Å². The Morgan fingerprint density at radius 3 is 2.65 bits per heavy atom. The Kier molecular flexibility index (Phi) is 3.22. The van der Waals surface area contributed by atoms with E-state index in [1.165, 1.54) is 0 Å². The molecule has 104 valence electrons. The molecule has 0 aliphatic carbocycles. The highest BCUT2D eigenvalue weighted by Crippen LogP contribution is 2.32. The van der Waals surface area contributed by atoms with Crippen LogP contribution in [-0.2, 0) is 12.8 Å². The Hall–Kier alpha value is -2.23. The molecule has 2 aromatic rings. The molecule has 1 aromatic heterocycles. The molecule has 0 spiro atoms. The third-order valence-electron chi connectivity index (χ3n) is 3.57. The van der Waals surface area contributed by atoms with Crippen molar-refractivity contribution in [2.45, 2.75) is 26.7 Å². The van der Waals surface area contributed by atoms with Gasteiger partial charge in [-0.1, -0.05) is 6.07 Å². The van der Waals surface area contributed by atoms with E-state index in [-0.39, 0.29) is 12.2 Å². The van der Waals surface area contributed by atoms with Crippen LogP contribution in [0.3, 0.4) is 0 Å². The first-order chi connectivity index (χ1) is 9.63. The molecule has 0 atom stereocenters. The van der Waals surface area contributed by atoms with Gasteiger partial charge in [0.1, 0.15) is 11.5 Å². The normalized spacial score (nSPS) is 12.7. The van der Waals surface area contributed by atoms with E-state index in [1.807, 2.05) is 25.1 Å². The van der Waals surface area contributed by atoms with Crippen LogP contribution in [-0.4, -0.2) is 6.79 Å². The van der Waals surface area contributed by atoms with Crippen LogP contribution in [0.1, 0.15) is 22.6 Å². The summed E-state index contributed by atoms with van der Waals surface area (Å²) in [6.45, 7) is 3.88. The van der Waals surface area contributed by atoms with Crippen LogP contribution in [0.5, 0.6) is 11.5 Å². The van der Waals surface area contributed by atoms with Gasteiger partial charge < -0.3 is 13.9 Å². The molecule has 0 fully saturated rings. The third-order valence-corrected chi connectivity index (χ3v) is 3.57. The second kappa shape index (κ2) is 5.04. The molecular weight excluding hydrogens is 256 g/mol. The van der Waals surface area contributed by atoms with Gasteiger partial charge >= 0.3 is 0 Å². The first-order valence-electron chi connectivity index (χ1n) is 6.62. The largest absolute Gasteiger partial charge is 0.466 e. The van der Waals surface area contributed by atoms with E-state index in [0.717, 1.165) is 29.2 Å². The van der Waals surface area contributed by atoms with Crippen molar-refractivity contribution in [1.29, 1.82) is 0 Å². The van der Waals surface area contributed by atoms with Crippen molar-refractivity contribution in [1.82, 2.24) is 0 Å². The number of aryl methyl sites for hydroxylation is 3. The van der Waals surface area contributed by atoms with Gasteiger partial charge in [0.05, 0.1) is 0 Å². The molecule has 1 aliphatic heterocycles. The first kappa shape index (κ1) is 12.8. The lowest BCUT2D eigenvalue weighted by molar-refractivity contribution is 0.174. The van der Waals surface area contributed by atoms with Crippen LogP contribution in [0.4, 0.5) is 0 Å². The average Bonchev–Trinajstić information content (AvgIpc) is 2.89.